The van der Waals surface area contributed by atoms with Gasteiger partial charge in [-0.2, -0.15) is 0 Å². The largest absolute Gasteiger partial charge is 2.00 e. The van der Waals surface area contributed by atoms with Crippen LogP contribution in [0.2, 0.25) is 0 Å². The first-order chi connectivity index (χ1) is 4.33. The van der Waals surface area contributed by atoms with Crippen molar-refractivity contribution < 1.29 is 7.24 Å². The van der Waals surface area contributed by atoms with Gasteiger partial charge in [0, 0.05) is 5.88 Å². The first-order valence-electron chi connectivity index (χ1n) is 2.63. The molecule has 1 aromatic rings. The van der Waals surface area contributed by atoms with Gasteiger partial charge >= 0.3 is 23.1 Å². The normalized spacial score (nSPS) is 8.60. The first-order valence-corrected chi connectivity index (χ1v) is 3.17. The van der Waals surface area contributed by atoms with Gasteiger partial charge < -0.3 is 2.85 Å². The summed E-state index contributed by atoms with van der Waals surface area (Å²) in [6, 6.07) is 6.26. The molecule has 0 aliphatic rings. The third-order valence-electron chi connectivity index (χ3n) is 1.04. The first kappa shape index (κ1) is 10.2. The smallest absolute Gasteiger partial charge is 1.00 e. The van der Waals surface area contributed by atoms with Crippen LogP contribution in [0.4, 0.5) is 4.39 Å². The van der Waals surface area contributed by atoms with Crippen LogP contribution in [0.15, 0.2) is 24.3 Å². The van der Waals surface area contributed by atoms with Crippen molar-refractivity contribution >= 4 is 34.7 Å². The van der Waals surface area contributed by atoms with Gasteiger partial charge in [-0.3, -0.25) is 0 Å². The minimum Gasteiger partial charge on any atom is -1.00 e. The zero-order valence-electron chi connectivity index (χ0n) is 7.48. The second kappa shape index (κ2) is 4.94. The fraction of sp³-hybridized carbons (Fsp3) is 0.143. The van der Waals surface area contributed by atoms with E-state index in [2.05, 4.69) is 0 Å². The zero-order chi connectivity index (χ0) is 6.69. The molecule has 3 heteroatoms. The van der Waals surface area contributed by atoms with E-state index in [1.54, 1.807) is 12.1 Å². The van der Waals surface area contributed by atoms with Crippen LogP contribution in [0.25, 0.3) is 0 Å². The summed E-state index contributed by atoms with van der Waals surface area (Å²) in [7, 11) is 0. The van der Waals surface area contributed by atoms with Crippen LogP contribution in [0, 0.1) is 5.82 Å². The van der Waals surface area contributed by atoms with Crippen molar-refractivity contribution in [2.24, 2.45) is 0 Å². The molecule has 10 heavy (non-hydrogen) atoms. The van der Waals surface area contributed by atoms with Gasteiger partial charge in [-0.25, -0.2) is 4.39 Å². The van der Waals surface area contributed by atoms with Crippen molar-refractivity contribution in [3.63, 3.8) is 0 Å². The van der Waals surface area contributed by atoms with Gasteiger partial charge in [-0.1, -0.05) is 12.1 Å². The molecule has 0 heterocycles. The second-order valence-corrected chi connectivity index (χ2v) is 2.03. The summed E-state index contributed by atoms with van der Waals surface area (Å²) < 4.78 is 12.3. The molecule has 0 N–H and O–H groups in total. The van der Waals surface area contributed by atoms with Gasteiger partial charge in [0.15, 0.2) is 0 Å². The molecule has 0 saturated carbocycles. The molecule has 0 aromatic heterocycles. The van der Waals surface area contributed by atoms with Crippen molar-refractivity contribution in [2.75, 3.05) is 0 Å². The van der Waals surface area contributed by atoms with E-state index in [4.69, 9.17) is 11.6 Å². The third kappa shape index (κ3) is 2.86. The average molecular weight is 171 g/mol. The number of hydrogen-bond donors (Lipinski definition) is 0. The quantitative estimate of drug-likeness (QED) is 0.449. The Bertz CT molecular complexity index is 210. The van der Waals surface area contributed by atoms with Crippen molar-refractivity contribution in [3.8, 4) is 0 Å². The fourth-order valence-corrected chi connectivity index (χ4v) is 0.786. The van der Waals surface area contributed by atoms with E-state index >= 15 is 0 Å². The van der Waals surface area contributed by atoms with E-state index in [0.717, 1.165) is 5.56 Å². The van der Waals surface area contributed by atoms with Crippen LogP contribution >= 0.6 is 11.6 Å². The minimum absolute atomic E-state index is 0. The monoisotopic (exact) mass is 170 g/mol. The van der Waals surface area contributed by atoms with Crippen LogP contribution in [0.5, 0.6) is 0 Å². The van der Waals surface area contributed by atoms with Crippen molar-refractivity contribution in [1.29, 1.82) is 0 Å². The van der Waals surface area contributed by atoms with Crippen LogP contribution < -0.4 is 0 Å². The molecule has 0 spiro atoms. The molecule has 0 fully saturated rings. The predicted octanol–water partition coefficient (Wildman–Crippen LogP) is 2.41. The Balaban J connectivity index is -0.000000270. The maximum Gasteiger partial charge on any atom is 2.00 e. The molecule has 52 valence electrons. The Hall–Kier alpha value is 0.206. The van der Waals surface area contributed by atoms with E-state index in [1.807, 2.05) is 0 Å². The van der Waals surface area contributed by atoms with Gasteiger partial charge in [0.25, 0.3) is 0 Å². The maximum absolute atomic E-state index is 12.3. The number of rotatable bonds is 1. The Morgan fingerprint density at radius 3 is 2.60 bits per heavy atom. The Morgan fingerprint density at radius 1 is 1.50 bits per heavy atom. The Kier molecular flexibility index (Phi) is 5.04. The topological polar surface area (TPSA) is 0 Å². The summed E-state index contributed by atoms with van der Waals surface area (Å²) in [5.41, 5.74) is 0.816. The van der Waals surface area contributed by atoms with Gasteiger partial charge in [-0.05, 0) is 17.7 Å². The van der Waals surface area contributed by atoms with Crippen molar-refractivity contribution in [3.05, 3.63) is 35.6 Å². The van der Waals surface area contributed by atoms with E-state index in [1.165, 1.54) is 12.1 Å². The number of benzene rings is 1. The molecular formula is C7H8ClFMg. The third-order valence-corrected chi connectivity index (χ3v) is 1.35. The summed E-state index contributed by atoms with van der Waals surface area (Å²) >= 11 is 5.43. The molecule has 0 nitrogen and oxygen atoms in total. The van der Waals surface area contributed by atoms with E-state index in [-0.39, 0.29) is 31.7 Å². The van der Waals surface area contributed by atoms with Crippen molar-refractivity contribution in [1.82, 2.24) is 0 Å². The Labute approximate surface area is 83.5 Å². The summed E-state index contributed by atoms with van der Waals surface area (Å²) in [4.78, 5) is 0. The van der Waals surface area contributed by atoms with Gasteiger partial charge in [0.1, 0.15) is 5.82 Å². The SMILES string of the molecule is Fc1cccc(CCl)c1.[H-].[H-].[Mg+2]. The molecule has 0 saturated heterocycles. The van der Waals surface area contributed by atoms with Crippen LogP contribution in [-0.2, 0) is 5.88 Å². The van der Waals surface area contributed by atoms with Crippen LogP contribution in [-0.4, -0.2) is 23.1 Å². The molecule has 1 aromatic carbocycles. The number of halogens is 2. The zero-order valence-corrected chi connectivity index (χ0v) is 7.65. The Morgan fingerprint density at radius 2 is 2.20 bits per heavy atom. The molecule has 1 rings (SSSR count). The standard InChI is InChI=1S/C7H6ClF.Mg.2H/c8-5-6-2-1-3-7(9)4-6;;;/h1-4H,5H2;;;/q;+2;2*-1. The second-order valence-electron chi connectivity index (χ2n) is 1.76. The summed E-state index contributed by atoms with van der Waals surface area (Å²) in [6.07, 6.45) is 0. The summed E-state index contributed by atoms with van der Waals surface area (Å²) in [5, 5.41) is 0. The molecule has 0 radical (unpaired) electrons. The number of alkyl halides is 1. The van der Waals surface area contributed by atoms with Crippen LogP contribution in [0.3, 0.4) is 0 Å². The molecule has 0 atom stereocenters. The summed E-state index contributed by atoms with van der Waals surface area (Å²) in [5.74, 6) is 0.144. The van der Waals surface area contributed by atoms with Gasteiger partial charge in [0.05, 0.1) is 0 Å². The molecule has 0 bridgehead atoms. The fourth-order valence-electron chi connectivity index (χ4n) is 0.620. The number of hydrogen-bond acceptors (Lipinski definition) is 0. The van der Waals surface area contributed by atoms with E-state index in [9.17, 15) is 4.39 Å². The maximum atomic E-state index is 12.3. The van der Waals surface area contributed by atoms with Crippen LogP contribution in [0.1, 0.15) is 8.42 Å². The van der Waals surface area contributed by atoms with Gasteiger partial charge in [-0.15, -0.1) is 11.6 Å². The molecule has 0 unspecified atom stereocenters. The summed E-state index contributed by atoms with van der Waals surface area (Å²) in [6.45, 7) is 0. The minimum atomic E-state index is -0.229. The average Bonchev–Trinajstić information content (AvgIpc) is 1.88. The van der Waals surface area contributed by atoms with Gasteiger partial charge in [0.2, 0.25) is 0 Å². The van der Waals surface area contributed by atoms with E-state index in [0.29, 0.717) is 5.88 Å². The van der Waals surface area contributed by atoms with E-state index < -0.39 is 0 Å². The molecule has 0 aliphatic heterocycles. The molecular weight excluding hydrogens is 163 g/mol. The van der Waals surface area contributed by atoms with Crippen molar-refractivity contribution in [2.45, 2.75) is 5.88 Å². The predicted molar refractivity (Wildman–Crippen MR) is 43.9 cm³/mol. The molecule has 0 amide bonds. The molecule has 0 aliphatic carbocycles.